The summed E-state index contributed by atoms with van der Waals surface area (Å²) in [6, 6.07) is 16.0. The number of hydrogen-bond donors (Lipinski definition) is 0. The summed E-state index contributed by atoms with van der Waals surface area (Å²) in [5.74, 6) is 0.172. The van der Waals surface area contributed by atoms with Crippen LogP contribution in [0.2, 0.25) is 0 Å². The number of aryl methyl sites for hydroxylation is 2. The highest BCUT2D eigenvalue weighted by atomic mass is 16.1. The van der Waals surface area contributed by atoms with Gasteiger partial charge >= 0.3 is 0 Å². The Bertz CT molecular complexity index is 574. The van der Waals surface area contributed by atoms with Gasteiger partial charge in [0.05, 0.1) is 5.41 Å². The molecule has 0 aliphatic heterocycles. The number of Topliss-reactive ketones (excluding diaryl/α,β-unsaturated/α-hetero) is 1. The largest absolute Gasteiger partial charge is 0.293 e. The first-order valence-corrected chi connectivity index (χ1v) is 6.60. The first kappa shape index (κ1) is 13.5. The van der Waals surface area contributed by atoms with Gasteiger partial charge in [-0.15, -0.1) is 0 Å². The molecule has 0 aromatic heterocycles. The Morgan fingerprint density at radius 1 is 0.895 bits per heavy atom. The Balaban J connectivity index is 2.43. The lowest BCUT2D eigenvalue weighted by Gasteiger charge is -2.24. The van der Waals surface area contributed by atoms with Gasteiger partial charge in [-0.05, 0) is 45.4 Å². The zero-order valence-electron chi connectivity index (χ0n) is 12.0. The molecule has 0 N–H and O–H groups in total. The lowest BCUT2D eigenvalue weighted by molar-refractivity contribution is 0.0908. The Labute approximate surface area is 115 Å². The monoisotopic (exact) mass is 252 g/mol. The van der Waals surface area contributed by atoms with E-state index >= 15 is 0 Å². The first-order valence-electron chi connectivity index (χ1n) is 6.60. The summed E-state index contributed by atoms with van der Waals surface area (Å²) >= 11 is 0. The lowest BCUT2D eigenvalue weighted by Crippen LogP contribution is -2.29. The highest BCUT2D eigenvalue weighted by Crippen LogP contribution is 2.28. The van der Waals surface area contributed by atoms with Crippen LogP contribution in [0, 0.1) is 13.8 Å². The van der Waals surface area contributed by atoms with Crippen LogP contribution in [-0.2, 0) is 5.41 Å². The normalized spacial score (nSPS) is 11.4. The fourth-order valence-corrected chi connectivity index (χ4v) is 2.45. The van der Waals surface area contributed by atoms with Gasteiger partial charge in [0.2, 0.25) is 0 Å². The molecule has 19 heavy (non-hydrogen) atoms. The van der Waals surface area contributed by atoms with Crippen LogP contribution in [0.1, 0.15) is 40.9 Å². The Hall–Kier alpha value is -1.89. The summed E-state index contributed by atoms with van der Waals surface area (Å²) in [4.78, 5) is 12.8. The van der Waals surface area contributed by atoms with Crippen LogP contribution in [0.25, 0.3) is 0 Å². The van der Waals surface area contributed by atoms with Gasteiger partial charge in [0.1, 0.15) is 0 Å². The maximum atomic E-state index is 12.8. The van der Waals surface area contributed by atoms with E-state index < -0.39 is 5.41 Å². The molecule has 2 aromatic rings. The molecule has 1 heteroatoms. The predicted molar refractivity (Wildman–Crippen MR) is 79.7 cm³/mol. The second kappa shape index (κ2) is 5.00. The van der Waals surface area contributed by atoms with Gasteiger partial charge in [-0.25, -0.2) is 0 Å². The third-order valence-corrected chi connectivity index (χ3v) is 3.55. The standard InChI is InChI=1S/C18H20O/c1-13-10-14(2)12-15(11-13)17(19)18(3,4)16-8-6-5-7-9-16/h5-12H,1-4H3. The predicted octanol–water partition coefficient (Wildman–Crippen LogP) is 4.46. The van der Waals surface area contributed by atoms with Crippen molar-refractivity contribution in [1.82, 2.24) is 0 Å². The summed E-state index contributed by atoms with van der Waals surface area (Å²) in [7, 11) is 0. The fraction of sp³-hybridized carbons (Fsp3) is 0.278. The molecule has 0 aliphatic carbocycles. The van der Waals surface area contributed by atoms with Gasteiger partial charge in [-0.2, -0.15) is 0 Å². The molecule has 0 radical (unpaired) electrons. The van der Waals surface area contributed by atoms with Crippen molar-refractivity contribution in [2.24, 2.45) is 0 Å². The van der Waals surface area contributed by atoms with Crippen LogP contribution < -0.4 is 0 Å². The summed E-state index contributed by atoms with van der Waals surface area (Å²) < 4.78 is 0. The van der Waals surface area contributed by atoms with Crippen molar-refractivity contribution in [1.29, 1.82) is 0 Å². The van der Waals surface area contributed by atoms with Crippen LogP contribution in [0.5, 0.6) is 0 Å². The van der Waals surface area contributed by atoms with Crippen molar-refractivity contribution in [3.63, 3.8) is 0 Å². The second-order valence-corrected chi connectivity index (χ2v) is 5.70. The molecule has 0 amide bonds. The van der Waals surface area contributed by atoms with E-state index in [-0.39, 0.29) is 5.78 Å². The highest BCUT2D eigenvalue weighted by Gasteiger charge is 2.30. The number of ketones is 1. The number of hydrogen-bond acceptors (Lipinski definition) is 1. The maximum Gasteiger partial charge on any atom is 0.172 e. The minimum atomic E-state index is -0.499. The van der Waals surface area contributed by atoms with Crippen molar-refractivity contribution in [3.05, 3.63) is 70.8 Å². The molecule has 0 spiro atoms. The van der Waals surface area contributed by atoms with Crippen LogP contribution >= 0.6 is 0 Å². The number of rotatable bonds is 3. The van der Waals surface area contributed by atoms with E-state index in [1.54, 1.807) is 0 Å². The van der Waals surface area contributed by atoms with E-state index in [1.807, 2.05) is 70.2 Å². The molecule has 98 valence electrons. The van der Waals surface area contributed by atoms with Gasteiger partial charge in [0.25, 0.3) is 0 Å². The zero-order valence-corrected chi connectivity index (χ0v) is 12.0. The Morgan fingerprint density at radius 2 is 1.42 bits per heavy atom. The maximum absolute atomic E-state index is 12.8. The SMILES string of the molecule is Cc1cc(C)cc(C(=O)C(C)(C)c2ccccc2)c1. The summed E-state index contributed by atoms with van der Waals surface area (Å²) in [5, 5.41) is 0. The fourth-order valence-electron chi connectivity index (χ4n) is 2.45. The molecule has 0 atom stereocenters. The van der Waals surface area contributed by atoms with E-state index in [4.69, 9.17) is 0 Å². The molecular formula is C18H20O. The molecule has 0 saturated heterocycles. The molecule has 1 nitrogen and oxygen atoms in total. The van der Waals surface area contributed by atoms with Crippen LogP contribution in [0.3, 0.4) is 0 Å². The minimum Gasteiger partial charge on any atom is -0.293 e. The van der Waals surface area contributed by atoms with Crippen molar-refractivity contribution in [3.8, 4) is 0 Å². The molecular weight excluding hydrogens is 232 g/mol. The smallest absolute Gasteiger partial charge is 0.172 e. The van der Waals surface area contributed by atoms with Crippen LogP contribution in [-0.4, -0.2) is 5.78 Å². The summed E-state index contributed by atoms with van der Waals surface area (Å²) in [6.45, 7) is 8.03. The molecule has 2 rings (SSSR count). The minimum absolute atomic E-state index is 0.172. The van der Waals surface area contributed by atoms with Gasteiger partial charge in [-0.1, -0.05) is 47.5 Å². The highest BCUT2D eigenvalue weighted by molar-refractivity contribution is 6.03. The Morgan fingerprint density at radius 3 is 1.95 bits per heavy atom. The van der Waals surface area contributed by atoms with E-state index in [2.05, 4.69) is 6.07 Å². The quantitative estimate of drug-likeness (QED) is 0.737. The van der Waals surface area contributed by atoms with E-state index in [0.29, 0.717) is 0 Å². The van der Waals surface area contributed by atoms with E-state index in [9.17, 15) is 4.79 Å². The average Bonchev–Trinajstić information content (AvgIpc) is 2.37. The third kappa shape index (κ3) is 2.76. The summed E-state index contributed by atoms with van der Waals surface area (Å²) in [5.41, 5.74) is 3.62. The van der Waals surface area contributed by atoms with E-state index in [1.165, 1.54) is 0 Å². The lowest BCUT2D eigenvalue weighted by atomic mass is 9.77. The average molecular weight is 252 g/mol. The van der Waals surface area contributed by atoms with Crippen molar-refractivity contribution < 1.29 is 4.79 Å². The van der Waals surface area contributed by atoms with Crippen LogP contribution in [0.15, 0.2) is 48.5 Å². The van der Waals surface area contributed by atoms with Crippen molar-refractivity contribution >= 4 is 5.78 Å². The molecule has 2 aromatic carbocycles. The number of carbonyl (C=O) groups is 1. The van der Waals surface area contributed by atoms with Crippen molar-refractivity contribution in [2.75, 3.05) is 0 Å². The second-order valence-electron chi connectivity index (χ2n) is 5.70. The molecule has 0 unspecified atom stereocenters. The van der Waals surface area contributed by atoms with Gasteiger partial charge in [0, 0.05) is 5.56 Å². The van der Waals surface area contributed by atoms with E-state index in [0.717, 1.165) is 22.3 Å². The van der Waals surface area contributed by atoms with Crippen molar-refractivity contribution in [2.45, 2.75) is 33.1 Å². The molecule has 0 heterocycles. The summed E-state index contributed by atoms with van der Waals surface area (Å²) in [6.07, 6.45) is 0. The third-order valence-electron chi connectivity index (χ3n) is 3.55. The molecule has 0 fully saturated rings. The number of benzene rings is 2. The first-order chi connectivity index (χ1) is 8.91. The molecule has 0 saturated carbocycles. The van der Waals surface area contributed by atoms with Gasteiger partial charge < -0.3 is 0 Å². The molecule has 0 aliphatic rings. The molecule has 0 bridgehead atoms. The number of carbonyl (C=O) groups excluding carboxylic acids is 1. The topological polar surface area (TPSA) is 17.1 Å². The van der Waals surface area contributed by atoms with Crippen LogP contribution in [0.4, 0.5) is 0 Å². The van der Waals surface area contributed by atoms with Gasteiger partial charge in [-0.3, -0.25) is 4.79 Å². The Kier molecular flexibility index (Phi) is 3.57. The van der Waals surface area contributed by atoms with Gasteiger partial charge in [0.15, 0.2) is 5.78 Å². The zero-order chi connectivity index (χ0) is 14.0.